The number of rotatable bonds is 2. The van der Waals surface area contributed by atoms with Gasteiger partial charge in [0.05, 0.1) is 16.6 Å². The van der Waals surface area contributed by atoms with Gasteiger partial charge in [-0.25, -0.2) is 5.01 Å². The number of alkyl halides is 3. The Morgan fingerprint density at radius 3 is 2.73 bits per heavy atom. The number of hydrogen-bond donors (Lipinski definition) is 1. The Kier molecular flexibility index (Phi) is 5.30. The molecule has 1 fully saturated rings. The van der Waals surface area contributed by atoms with Crippen LogP contribution in [0.4, 0.5) is 13.2 Å². The number of halogens is 4. The van der Waals surface area contributed by atoms with E-state index in [0.717, 1.165) is 29.8 Å². The van der Waals surface area contributed by atoms with Crippen LogP contribution in [-0.4, -0.2) is 40.1 Å². The number of fused-ring (bicyclic) bond motifs is 1. The third-order valence-corrected chi connectivity index (χ3v) is 5.34. The van der Waals surface area contributed by atoms with Gasteiger partial charge in [-0.2, -0.15) is 18.3 Å². The summed E-state index contributed by atoms with van der Waals surface area (Å²) in [6.07, 6.45) is -4.01. The van der Waals surface area contributed by atoms with E-state index >= 15 is 0 Å². The second-order valence-electron chi connectivity index (χ2n) is 6.91. The third-order valence-electron chi connectivity index (χ3n) is 5.03. The fraction of sp³-hybridized carbons (Fsp3) is 0.556. The predicted molar refractivity (Wildman–Crippen MR) is 92.2 cm³/mol. The Bertz CT molecular complexity index is 736. The van der Waals surface area contributed by atoms with Crippen molar-refractivity contribution in [2.75, 3.05) is 0 Å². The van der Waals surface area contributed by atoms with Crippen molar-refractivity contribution in [1.82, 2.24) is 5.01 Å². The number of aliphatic hydroxyl groups is 1. The summed E-state index contributed by atoms with van der Waals surface area (Å²) in [5.41, 5.74) is 1.47. The normalized spacial score (nSPS) is 24.7. The van der Waals surface area contributed by atoms with E-state index in [1.165, 1.54) is 6.07 Å². The van der Waals surface area contributed by atoms with Gasteiger partial charge in [-0.3, -0.25) is 4.79 Å². The first-order valence-electron chi connectivity index (χ1n) is 8.62. The van der Waals surface area contributed by atoms with Crippen LogP contribution in [0.1, 0.15) is 48.0 Å². The zero-order valence-electron chi connectivity index (χ0n) is 14.3. The molecule has 1 aromatic rings. The van der Waals surface area contributed by atoms with Crippen LogP contribution in [0, 0.1) is 12.8 Å². The maximum atomic E-state index is 13.3. The van der Waals surface area contributed by atoms with Gasteiger partial charge >= 0.3 is 6.18 Å². The van der Waals surface area contributed by atoms with E-state index in [9.17, 15) is 23.1 Å². The molecule has 0 spiro atoms. The Morgan fingerprint density at radius 1 is 1.35 bits per heavy atom. The number of hydrazone groups is 1. The van der Waals surface area contributed by atoms with Crippen LogP contribution in [-0.2, 0) is 0 Å². The predicted octanol–water partition coefficient (Wildman–Crippen LogP) is 4.33. The van der Waals surface area contributed by atoms with E-state index in [1.807, 2.05) is 0 Å². The molecule has 3 rings (SSSR count). The zero-order chi connectivity index (χ0) is 19.1. The van der Waals surface area contributed by atoms with Crippen LogP contribution in [0.15, 0.2) is 23.3 Å². The lowest BCUT2D eigenvalue weighted by Crippen LogP contribution is -2.51. The molecule has 1 heterocycles. The van der Waals surface area contributed by atoms with Crippen molar-refractivity contribution >= 4 is 23.2 Å². The topological polar surface area (TPSA) is 52.9 Å². The first-order valence-corrected chi connectivity index (χ1v) is 9.00. The number of benzene rings is 1. The highest BCUT2D eigenvalue weighted by molar-refractivity contribution is 6.34. The van der Waals surface area contributed by atoms with Gasteiger partial charge < -0.3 is 5.11 Å². The highest BCUT2D eigenvalue weighted by atomic mass is 35.5. The maximum absolute atomic E-state index is 13.3. The highest BCUT2D eigenvalue weighted by Crippen LogP contribution is 2.39. The molecule has 0 bridgehead atoms. The van der Waals surface area contributed by atoms with Gasteiger partial charge in [0.1, 0.15) is 0 Å². The van der Waals surface area contributed by atoms with E-state index in [0.29, 0.717) is 18.6 Å². The molecule has 8 heteroatoms. The van der Waals surface area contributed by atoms with Crippen LogP contribution in [0.5, 0.6) is 0 Å². The van der Waals surface area contributed by atoms with Gasteiger partial charge in [0.15, 0.2) is 6.10 Å². The van der Waals surface area contributed by atoms with Gasteiger partial charge in [-0.15, -0.1) is 0 Å². The molecular weight excluding hydrogens is 369 g/mol. The van der Waals surface area contributed by atoms with Crippen molar-refractivity contribution in [2.45, 2.75) is 57.3 Å². The Labute approximate surface area is 154 Å². The number of nitrogens with zero attached hydrogens (tertiary/aromatic N) is 2. The summed E-state index contributed by atoms with van der Waals surface area (Å²) in [7, 11) is 0. The van der Waals surface area contributed by atoms with Crippen LogP contribution in [0.25, 0.3) is 0 Å². The van der Waals surface area contributed by atoms with E-state index < -0.39 is 30.1 Å². The molecule has 0 saturated heterocycles. The van der Waals surface area contributed by atoms with Gasteiger partial charge in [0.2, 0.25) is 0 Å². The molecule has 1 aromatic carbocycles. The summed E-state index contributed by atoms with van der Waals surface area (Å²) in [6, 6.07) is 3.26. The summed E-state index contributed by atoms with van der Waals surface area (Å²) in [5, 5.41) is 15.1. The van der Waals surface area contributed by atoms with Crippen molar-refractivity contribution in [3.8, 4) is 0 Å². The smallest absolute Gasteiger partial charge is 0.382 e. The van der Waals surface area contributed by atoms with Crippen LogP contribution in [0.3, 0.4) is 0 Å². The fourth-order valence-corrected chi connectivity index (χ4v) is 4.03. The van der Waals surface area contributed by atoms with E-state index in [2.05, 4.69) is 5.10 Å². The molecule has 1 N–H and O–H groups in total. The summed E-state index contributed by atoms with van der Waals surface area (Å²) in [5.74, 6) is -1.30. The molecule has 0 aromatic heterocycles. The number of aryl methyl sites for hydroxylation is 1. The van der Waals surface area contributed by atoms with Crippen LogP contribution in [0.2, 0.25) is 5.02 Å². The number of hydrogen-bond acceptors (Lipinski definition) is 3. The van der Waals surface area contributed by atoms with Crippen molar-refractivity contribution in [2.24, 2.45) is 11.0 Å². The zero-order valence-corrected chi connectivity index (χ0v) is 15.0. The Hall–Kier alpha value is -1.60. The van der Waals surface area contributed by atoms with Gasteiger partial charge in [-0.05, 0) is 43.9 Å². The average molecular weight is 389 g/mol. The first kappa shape index (κ1) is 19.2. The van der Waals surface area contributed by atoms with Crippen LogP contribution >= 0.6 is 11.6 Å². The summed E-state index contributed by atoms with van der Waals surface area (Å²) in [6.45, 7) is 1.80. The molecular formula is C18H20ClF3N2O2. The van der Waals surface area contributed by atoms with Crippen molar-refractivity contribution in [1.29, 1.82) is 0 Å². The minimum Gasteiger partial charge on any atom is -0.382 e. The summed E-state index contributed by atoms with van der Waals surface area (Å²) >= 11 is 6.12. The Balaban J connectivity index is 2.00. The molecule has 4 nitrogen and oxygen atoms in total. The molecule has 1 aliphatic carbocycles. The number of aliphatic hydroxyl groups excluding tert-OH is 1. The fourth-order valence-electron chi connectivity index (χ4n) is 3.71. The first-order chi connectivity index (χ1) is 12.2. The van der Waals surface area contributed by atoms with E-state index in [1.54, 1.807) is 19.1 Å². The summed E-state index contributed by atoms with van der Waals surface area (Å²) < 4.78 is 39.8. The van der Waals surface area contributed by atoms with E-state index in [-0.39, 0.29) is 10.6 Å². The van der Waals surface area contributed by atoms with Crippen molar-refractivity contribution in [3.05, 3.63) is 34.3 Å². The largest absolute Gasteiger partial charge is 0.416 e. The minimum absolute atomic E-state index is 0.0810. The van der Waals surface area contributed by atoms with Crippen LogP contribution < -0.4 is 0 Å². The maximum Gasteiger partial charge on any atom is 0.416 e. The third kappa shape index (κ3) is 3.60. The van der Waals surface area contributed by atoms with Crippen molar-refractivity contribution in [3.63, 3.8) is 0 Å². The lowest BCUT2D eigenvalue weighted by atomic mass is 9.87. The van der Waals surface area contributed by atoms with Gasteiger partial charge in [0, 0.05) is 11.6 Å². The molecule has 26 heavy (non-hydrogen) atoms. The van der Waals surface area contributed by atoms with E-state index in [4.69, 9.17) is 11.6 Å². The molecule has 2 aliphatic rings. The highest BCUT2D eigenvalue weighted by Gasteiger charge is 2.53. The molecule has 0 unspecified atom stereocenters. The van der Waals surface area contributed by atoms with Gasteiger partial charge in [0.25, 0.3) is 5.91 Å². The monoisotopic (exact) mass is 388 g/mol. The standard InChI is InChI=1S/C18H20ClF3N2O2/c1-10-7-8-11(13(19)9-10)17(26)24-15(16(25)18(20,21)22)12-5-3-2-4-6-14(12)23-24/h7-9,12,15-16,25H,2-6H2,1H3/t12-,15+,16-/m0/s1. The second-order valence-corrected chi connectivity index (χ2v) is 7.31. The lowest BCUT2D eigenvalue weighted by Gasteiger charge is -2.31. The molecule has 1 amide bonds. The minimum atomic E-state index is -4.84. The second kappa shape index (κ2) is 7.19. The number of carbonyl (C=O) groups excluding carboxylic acids is 1. The quantitative estimate of drug-likeness (QED) is 0.819. The van der Waals surface area contributed by atoms with Crippen molar-refractivity contribution < 1.29 is 23.1 Å². The molecule has 1 aliphatic heterocycles. The molecule has 0 radical (unpaired) electrons. The molecule has 1 saturated carbocycles. The SMILES string of the molecule is Cc1ccc(C(=O)N2N=C3CCCCC[C@@H]3[C@@H]2[C@H](O)C(F)(F)F)c(Cl)c1. The number of amides is 1. The van der Waals surface area contributed by atoms with Gasteiger partial charge in [-0.1, -0.05) is 30.5 Å². The molecule has 3 atom stereocenters. The lowest BCUT2D eigenvalue weighted by molar-refractivity contribution is -0.220. The number of carbonyl (C=O) groups is 1. The average Bonchev–Trinajstić information content (AvgIpc) is 2.75. The summed E-state index contributed by atoms with van der Waals surface area (Å²) in [4.78, 5) is 12.9. The Morgan fingerprint density at radius 2 is 2.08 bits per heavy atom. The molecule has 142 valence electrons.